The number of benzene rings is 1. The number of hydrogen-bond donors (Lipinski definition) is 2. The number of unbranched alkanes of at least 4 members (excludes halogenated alkanes) is 1. The van der Waals surface area contributed by atoms with Crippen LogP contribution < -0.4 is 10.6 Å². The largest absolute Gasteiger partial charge is 0.439 e. The van der Waals surface area contributed by atoms with Gasteiger partial charge < -0.3 is 14.8 Å². The van der Waals surface area contributed by atoms with Gasteiger partial charge in [0.05, 0.1) is 30.1 Å². The number of quaternary nitrogens is 1. The normalized spacial score (nSPS) is 22.0. The molecule has 2 fully saturated rings. The molecule has 2 saturated heterocycles. The molecular weight excluding hydrogens is 474 g/mol. The van der Waals surface area contributed by atoms with Gasteiger partial charge in [0.2, 0.25) is 6.23 Å². The Hall–Kier alpha value is -2.49. The summed E-state index contributed by atoms with van der Waals surface area (Å²) in [5.74, 6) is -1.60. The van der Waals surface area contributed by atoms with Crippen molar-refractivity contribution >= 4 is 35.4 Å². The number of carbonyl (C=O) groups excluding carboxylic acids is 4. The van der Waals surface area contributed by atoms with Gasteiger partial charge in [0.25, 0.3) is 5.91 Å². The minimum absolute atomic E-state index is 0.0467. The van der Waals surface area contributed by atoms with Crippen molar-refractivity contribution in [2.45, 2.75) is 71.2 Å². The number of ether oxygens (including phenoxy) is 2. The highest BCUT2D eigenvalue weighted by Crippen LogP contribution is 2.26. The van der Waals surface area contributed by atoms with Crippen LogP contribution in [0.5, 0.6) is 0 Å². The van der Waals surface area contributed by atoms with E-state index in [1.165, 1.54) is 0 Å². The van der Waals surface area contributed by atoms with Crippen LogP contribution in [0.1, 0.15) is 63.2 Å². The smallest absolute Gasteiger partial charge is 0.427 e. The van der Waals surface area contributed by atoms with Gasteiger partial charge in [-0.25, -0.2) is 9.59 Å². The molecule has 2 N–H and O–H groups in total. The molecule has 3 atom stereocenters. The lowest BCUT2D eigenvalue weighted by Gasteiger charge is -2.34. The van der Waals surface area contributed by atoms with E-state index in [4.69, 9.17) is 21.1 Å². The van der Waals surface area contributed by atoms with Crippen LogP contribution in [0.15, 0.2) is 24.3 Å². The van der Waals surface area contributed by atoms with Crippen LogP contribution in [0, 0.1) is 5.92 Å². The molecule has 10 heteroatoms. The highest BCUT2D eigenvalue weighted by atomic mass is 35.5. The third kappa shape index (κ3) is 6.20. The summed E-state index contributed by atoms with van der Waals surface area (Å²) < 4.78 is 10.6. The summed E-state index contributed by atoms with van der Waals surface area (Å²) in [4.78, 5) is 52.2. The number of carbonyl (C=O) groups is 4. The zero-order valence-electron chi connectivity index (χ0n) is 20.6. The molecule has 0 spiro atoms. The Morgan fingerprint density at radius 1 is 1.20 bits per heavy atom. The van der Waals surface area contributed by atoms with Crippen molar-refractivity contribution in [2.24, 2.45) is 5.92 Å². The molecule has 3 rings (SSSR count). The zero-order chi connectivity index (χ0) is 25.6. The Kier molecular flexibility index (Phi) is 9.27. The second-order valence-electron chi connectivity index (χ2n) is 9.46. The van der Waals surface area contributed by atoms with Crippen molar-refractivity contribution < 1.29 is 33.1 Å². The van der Waals surface area contributed by atoms with Crippen molar-refractivity contribution in [3.05, 3.63) is 34.9 Å². The lowest BCUT2D eigenvalue weighted by atomic mass is 10.0. The summed E-state index contributed by atoms with van der Waals surface area (Å²) in [6.07, 6.45) is 1.62. The van der Waals surface area contributed by atoms with Gasteiger partial charge in [-0.1, -0.05) is 50.9 Å². The van der Waals surface area contributed by atoms with E-state index in [1.54, 1.807) is 24.3 Å². The van der Waals surface area contributed by atoms with E-state index in [2.05, 4.69) is 10.6 Å². The highest BCUT2D eigenvalue weighted by Gasteiger charge is 2.53. The predicted molar refractivity (Wildman–Crippen MR) is 129 cm³/mol. The second-order valence-corrected chi connectivity index (χ2v) is 9.87. The number of likely N-dealkylation sites (tertiary alicyclic amines) is 1. The lowest BCUT2D eigenvalue weighted by Crippen LogP contribution is -2.67. The van der Waals surface area contributed by atoms with E-state index in [0.29, 0.717) is 32.5 Å². The fraction of sp³-hybridized carbons (Fsp3) is 0.600. The average molecular weight is 509 g/mol. The standard InChI is InChI=1S/C25H34ClN3O6/c1-4-5-14-34-19-15-20(30)35-23(19)28-25(33)29(12-8-9-13-29)24(32)21(16(2)3)27-22(31)17-10-6-7-11-18(17)26/h6-7,10-11,16,19,21,23H,4-5,8-9,12-15H2,1-3H3,(H-,27,28,31,33)/p+1/t19-,21-,23-/m0/s1. The van der Waals surface area contributed by atoms with Crippen molar-refractivity contribution in [3.8, 4) is 0 Å². The molecule has 0 saturated carbocycles. The molecule has 192 valence electrons. The summed E-state index contributed by atoms with van der Waals surface area (Å²) in [6.45, 7) is 6.72. The van der Waals surface area contributed by atoms with Crippen LogP contribution in [0.25, 0.3) is 0 Å². The summed E-state index contributed by atoms with van der Waals surface area (Å²) in [5.41, 5.74) is 0.259. The minimum Gasteiger partial charge on any atom is -0.439 e. The van der Waals surface area contributed by atoms with Crippen LogP contribution >= 0.6 is 11.6 Å². The third-order valence-electron chi connectivity index (χ3n) is 6.54. The molecule has 1 aromatic rings. The SMILES string of the molecule is CCCCO[C@H]1CC(=O)O[C@@H]1NC(=O)[N+]1(C(=O)[C@@H](NC(=O)c2ccccc2Cl)C(C)C)CCCC1. The lowest BCUT2D eigenvalue weighted by molar-refractivity contribution is -0.761. The number of nitrogens with zero attached hydrogens (tertiary/aromatic N) is 1. The maximum absolute atomic E-state index is 13.9. The Labute approximate surface area is 211 Å². The Balaban J connectivity index is 1.78. The summed E-state index contributed by atoms with van der Waals surface area (Å²) in [5, 5.41) is 5.82. The van der Waals surface area contributed by atoms with Crippen molar-refractivity contribution in [3.63, 3.8) is 0 Å². The van der Waals surface area contributed by atoms with Crippen molar-refractivity contribution in [2.75, 3.05) is 19.7 Å². The Morgan fingerprint density at radius 3 is 2.51 bits per heavy atom. The van der Waals surface area contributed by atoms with Gasteiger partial charge in [0, 0.05) is 19.4 Å². The molecule has 2 aliphatic rings. The molecule has 0 radical (unpaired) electrons. The third-order valence-corrected chi connectivity index (χ3v) is 6.87. The van der Waals surface area contributed by atoms with Crippen LogP contribution in [0.3, 0.4) is 0 Å². The number of imide groups is 1. The molecule has 2 heterocycles. The highest BCUT2D eigenvalue weighted by molar-refractivity contribution is 6.33. The van der Waals surface area contributed by atoms with Crippen molar-refractivity contribution in [1.29, 1.82) is 0 Å². The molecule has 2 aliphatic heterocycles. The van der Waals surface area contributed by atoms with E-state index in [-0.39, 0.29) is 22.9 Å². The number of esters is 1. The number of halogens is 1. The maximum Gasteiger partial charge on any atom is 0.427 e. The van der Waals surface area contributed by atoms with Crippen LogP contribution in [0.2, 0.25) is 5.02 Å². The van der Waals surface area contributed by atoms with Crippen LogP contribution in [-0.2, 0) is 19.1 Å². The maximum atomic E-state index is 13.9. The van der Waals surface area contributed by atoms with Gasteiger partial charge in [-0.3, -0.25) is 14.9 Å². The summed E-state index contributed by atoms with van der Waals surface area (Å²) in [7, 11) is 0. The van der Waals surface area contributed by atoms with E-state index < -0.39 is 46.7 Å². The fourth-order valence-corrected chi connectivity index (χ4v) is 4.69. The first-order valence-electron chi connectivity index (χ1n) is 12.3. The Morgan fingerprint density at radius 2 is 1.89 bits per heavy atom. The predicted octanol–water partition coefficient (Wildman–Crippen LogP) is 3.40. The first-order valence-corrected chi connectivity index (χ1v) is 12.7. The number of rotatable bonds is 9. The summed E-state index contributed by atoms with van der Waals surface area (Å²) >= 11 is 6.17. The number of cyclic esters (lactones) is 1. The molecule has 0 unspecified atom stereocenters. The first kappa shape index (κ1) is 27.1. The number of urea groups is 1. The van der Waals surface area contributed by atoms with Gasteiger partial charge >= 0.3 is 17.9 Å². The number of amides is 4. The van der Waals surface area contributed by atoms with E-state index in [0.717, 1.165) is 12.8 Å². The van der Waals surface area contributed by atoms with Crippen LogP contribution in [-0.4, -0.2) is 66.4 Å². The number of nitrogens with one attached hydrogen (secondary N) is 2. The molecule has 0 bridgehead atoms. The monoisotopic (exact) mass is 508 g/mol. The van der Waals surface area contributed by atoms with Gasteiger partial charge in [-0.15, -0.1) is 0 Å². The quantitative estimate of drug-likeness (QED) is 0.300. The molecular formula is C25H35ClN3O6+. The fourth-order valence-electron chi connectivity index (χ4n) is 4.47. The molecule has 1 aromatic carbocycles. The van der Waals surface area contributed by atoms with E-state index >= 15 is 0 Å². The minimum atomic E-state index is -0.953. The molecule has 35 heavy (non-hydrogen) atoms. The van der Waals surface area contributed by atoms with E-state index in [9.17, 15) is 19.2 Å². The van der Waals surface area contributed by atoms with Gasteiger partial charge in [0.1, 0.15) is 12.1 Å². The molecule has 0 aliphatic carbocycles. The number of hydrogen-bond acceptors (Lipinski definition) is 6. The van der Waals surface area contributed by atoms with Gasteiger partial charge in [-0.2, -0.15) is 4.48 Å². The summed E-state index contributed by atoms with van der Waals surface area (Å²) in [6, 6.07) is 5.14. The van der Waals surface area contributed by atoms with Crippen molar-refractivity contribution in [1.82, 2.24) is 10.6 Å². The first-order chi connectivity index (χ1) is 16.7. The Bertz CT molecular complexity index is 947. The average Bonchev–Trinajstić information content (AvgIpc) is 3.45. The molecule has 9 nitrogen and oxygen atoms in total. The van der Waals surface area contributed by atoms with Crippen LogP contribution in [0.4, 0.5) is 4.79 Å². The van der Waals surface area contributed by atoms with Gasteiger partial charge in [0.15, 0.2) is 0 Å². The second kappa shape index (κ2) is 12.0. The zero-order valence-corrected chi connectivity index (χ0v) is 21.3. The van der Waals surface area contributed by atoms with E-state index in [1.807, 2.05) is 20.8 Å². The topological polar surface area (TPSA) is 111 Å². The molecule has 4 amide bonds. The van der Waals surface area contributed by atoms with Gasteiger partial charge in [-0.05, 0) is 24.5 Å². The molecule has 0 aromatic heterocycles.